The molecule has 0 saturated heterocycles. The van der Waals surface area contributed by atoms with Crippen LogP contribution in [0, 0.1) is 0 Å². The number of alkyl halides is 1. The van der Waals surface area contributed by atoms with Crippen molar-refractivity contribution in [2.75, 3.05) is 0 Å². The monoisotopic (exact) mass is 328 g/mol. The van der Waals surface area contributed by atoms with Gasteiger partial charge in [-0.1, -0.05) is 41.9 Å². The third-order valence-electron chi connectivity index (χ3n) is 2.62. The van der Waals surface area contributed by atoms with Crippen molar-refractivity contribution in [2.45, 2.75) is 44.5 Å². The van der Waals surface area contributed by atoms with Gasteiger partial charge in [-0.3, -0.25) is 0 Å². The normalized spacial score (nSPS) is 13.2. The van der Waals surface area contributed by atoms with Gasteiger partial charge in [-0.15, -0.1) is 16.4 Å². The summed E-state index contributed by atoms with van der Waals surface area (Å²) in [7, 11) is 0. The lowest BCUT2D eigenvalue weighted by atomic mass is 10.2. The van der Waals surface area contributed by atoms with Crippen molar-refractivity contribution >= 4 is 27.3 Å². The molecule has 6 heteroatoms. The van der Waals surface area contributed by atoms with Crippen molar-refractivity contribution in [3.8, 4) is 0 Å². The first-order chi connectivity index (χ1) is 8.60. The molecule has 0 aliphatic heterocycles. The average Bonchev–Trinajstić information content (AvgIpc) is 2.98. The zero-order valence-corrected chi connectivity index (χ0v) is 13.2. The Morgan fingerprint density at radius 1 is 1.44 bits per heavy atom. The maximum atomic E-state index is 4.60. The minimum atomic E-state index is 0.285. The molecule has 2 aromatic heterocycles. The molecule has 0 N–H and O–H groups in total. The molecule has 1 atom stereocenters. The highest BCUT2D eigenvalue weighted by molar-refractivity contribution is 9.09. The Bertz CT molecular complexity index is 506. The van der Waals surface area contributed by atoms with E-state index in [0.717, 1.165) is 17.8 Å². The lowest BCUT2D eigenvalue weighted by Crippen LogP contribution is -2.01. The average molecular weight is 329 g/mol. The van der Waals surface area contributed by atoms with Crippen molar-refractivity contribution in [2.24, 2.45) is 0 Å². The first-order valence-corrected chi connectivity index (χ1v) is 7.88. The Morgan fingerprint density at radius 3 is 2.83 bits per heavy atom. The molecule has 18 heavy (non-hydrogen) atoms. The Kier molecular flexibility index (Phi) is 4.50. The van der Waals surface area contributed by atoms with Crippen molar-refractivity contribution in [3.05, 3.63) is 28.0 Å². The molecule has 0 saturated carbocycles. The number of nitrogens with zero attached hydrogens (tertiary/aromatic N) is 4. The summed E-state index contributed by atoms with van der Waals surface area (Å²) in [6.45, 7) is 7.13. The van der Waals surface area contributed by atoms with Crippen LogP contribution in [0.15, 0.2) is 11.6 Å². The first-order valence-electron chi connectivity index (χ1n) is 6.08. The number of hydrogen-bond donors (Lipinski definition) is 0. The van der Waals surface area contributed by atoms with Crippen molar-refractivity contribution in [1.82, 2.24) is 20.0 Å². The Labute approximate surface area is 120 Å². The molecule has 0 radical (unpaired) electrons. The third kappa shape index (κ3) is 3.17. The van der Waals surface area contributed by atoms with Gasteiger partial charge in [-0.25, -0.2) is 9.67 Å². The second-order valence-corrected chi connectivity index (χ2v) is 6.54. The molecule has 0 bridgehead atoms. The van der Waals surface area contributed by atoms with Gasteiger partial charge in [-0.2, -0.15) is 0 Å². The smallest absolute Gasteiger partial charge is 0.0963 e. The van der Waals surface area contributed by atoms with E-state index in [2.05, 4.69) is 57.4 Å². The molecule has 2 heterocycles. The second kappa shape index (κ2) is 5.93. The van der Waals surface area contributed by atoms with Gasteiger partial charge in [0.2, 0.25) is 0 Å². The fraction of sp³-hybridized carbons (Fsp3) is 0.583. The highest BCUT2D eigenvalue weighted by Crippen LogP contribution is 2.24. The van der Waals surface area contributed by atoms with Crippen LogP contribution in [-0.2, 0) is 6.54 Å². The van der Waals surface area contributed by atoms with Gasteiger partial charge in [0.15, 0.2) is 0 Å². The molecule has 2 aromatic rings. The van der Waals surface area contributed by atoms with Crippen LogP contribution in [-0.4, -0.2) is 20.0 Å². The van der Waals surface area contributed by atoms with E-state index in [0.29, 0.717) is 12.5 Å². The van der Waals surface area contributed by atoms with Crippen LogP contribution in [0.4, 0.5) is 0 Å². The number of aromatic nitrogens is 4. The maximum absolute atomic E-state index is 4.60. The highest BCUT2D eigenvalue weighted by atomic mass is 79.9. The van der Waals surface area contributed by atoms with Gasteiger partial charge >= 0.3 is 0 Å². The molecule has 0 aliphatic rings. The van der Waals surface area contributed by atoms with Crippen molar-refractivity contribution < 1.29 is 0 Å². The number of rotatable bonds is 5. The fourth-order valence-electron chi connectivity index (χ4n) is 1.57. The standard InChI is InChI=1S/C12H17BrN4S/c1-4-10(13)11-6-17(16-15-11)5-9-7-18-12(14-9)8(2)3/h6-8,10H,4-5H2,1-3H3. The molecule has 2 rings (SSSR count). The van der Waals surface area contributed by atoms with Gasteiger partial charge in [0.05, 0.1) is 34.0 Å². The SMILES string of the molecule is CCC(Br)c1cn(Cc2csc(C(C)C)n2)nn1. The lowest BCUT2D eigenvalue weighted by Gasteiger charge is -1.99. The third-order valence-corrected chi connectivity index (χ3v) is 4.93. The van der Waals surface area contributed by atoms with E-state index in [1.807, 2.05) is 10.9 Å². The maximum Gasteiger partial charge on any atom is 0.0963 e. The van der Waals surface area contributed by atoms with Crippen LogP contribution in [0.1, 0.15) is 54.3 Å². The molecule has 0 aromatic carbocycles. The van der Waals surface area contributed by atoms with Gasteiger partial charge in [0.25, 0.3) is 0 Å². The largest absolute Gasteiger partial charge is 0.246 e. The van der Waals surface area contributed by atoms with Crippen LogP contribution in [0.5, 0.6) is 0 Å². The topological polar surface area (TPSA) is 43.6 Å². The van der Waals surface area contributed by atoms with E-state index in [-0.39, 0.29) is 4.83 Å². The zero-order valence-electron chi connectivity index (χ0n) is 10.8. The van der Waals surface area contributed by atoms with Gasteiger partial charge in [-0.05, 0) is 6.42 Å². The van der Waals surface area contributed by atoms with Crippen LogP contribution in [0.3, 0.4) is 0 Å². The van der Waals surface area contributed by atoms with Gasteiger partial charge in [0.1, 0.15) is 0 Å². The molecule has 4 nitrogen and oxygen atoms in total. The van der Waals surface area contributed by atoms with Crippen LogP contribution in [0.2, 0.25) is 0 Å². The predicted octanol–water partition coefficient (Wildman–Crippen LogP) is 3.75. The summed E-state index contributed by atoms with van der Waals surface area (Å²) in [6.07, 6.45) is 2.99. The molecular weight excluding hydrogens is 312 g/mol. The number of thiazole rings is 1. The van der Waals surface area contributed by atoms with Crippen molar-refractivity contribution in [1.29, 1.82) is 0 Å². The summed E-state index contributed by atoms with van der Waals surface area (Å²) in [4.78, 5) is 4.88. The quantitative estimate of drug-likeness (QED) is 0.785. The van der Waals surface area contributed by atoms with E-state index in [1.54, 1.807) is 11.3 Å². The minimum absolute atomic E-state index is 0.285. The predicted molar refractivity (Wildman–Crippen MR) is 77.3 cm³/mol. The number of halogens is 1. The first kappa shape index (κ1) is 13.7. The van der Waals surface area contributed by atoms with Crippen LogP contribution in [0.25, 0.3) is 0 Å². The summed E-state index contributed by atoms with van der Waals surface area (Å²) >= 11 is 5.29. The number of hydrogen-bond acceptors (Lipinski definition) is 4. The summed E-state index contributed by atoms with van der Waals surface area (Å²) < 4.78 is 1.85. The summed E-state index contributed by atoms with van der Waals surface area (Å²) in [5, 5.41) is 11.6. The van der Waals surface area contributed by atoms with E-state index < -0.39 is 0 Å². The van der Waals surface area contributed by atoms with E-state index in [4.69, 9.17) is 0 Å². The highest BCUT2D eigenvalue weighted by Gasteiger charge is 2.11. The fourth-order valence-corrected chi connectivity index (χ4v) is 2.61. The molecule has 0 amide bonds. The minimum Gasteiger partial charge on any atom is -0.246 e. The van der Waals surface area contributed by atoms with Gasteiger partial charge in [0, 0.05) is 11.3 Å². The Hall–Kier alpha value is -0.750. The van der Waals surface area contributed by atoms with Gasteiger partial charge < -0.3 is 0 Å². The molecular formula is C12H17BrN4S. The van der Waals surface area contributed by atoms with Crippen LogP contribution >= 0.6 is 27.3 Å². The van der Waals surface area contributed by atoms with E-state index >= 15 is 0 Å². The Morgan fingerprint density at radius 2 is 2.22 bits per heavy atom. The summed E-state index contributed by atoms with van der Waals surface area (Å²) in [5.74, 6) is 0.488. The molecule has 0 spiro atoms. The van der Waals surface area contributed by atoms with E-state index in [1.165, 1.54) is 5.01 Å². The molecule has 1 unspecified atom stereocenters. The summed E-state index contributed by atoms with van der Waals surface area (Å²) in [6, 6.07) is 0. The van der Waals surface area contributed by atoms with Crippen molar-refractivity contribution in [3.63, 3.8) is 0 Å². The Balaban J connectivity index is 2.06. The molecule has 0 aliphatic carbocycles. The van der Waals surface area contributed by atoms with E-state index in [9.17, 15) is 0 Å². The van der Waals surface area contributed by atoms with Crippen LogP contribution < -0.4 is 0 Å². The zero-order chi connectivity index (χ0) is 13.1. The second-order valence-electron chi connectivity index (χ2n) is 4.55. The molecule has 0 fully saturated rings. The molecule has 98 valence electrons. The lowest BCUT2D eigenvalue weighted by molar-refractivity contribution is 0.637. The summed E-state index contributed by atoms with van der Waals surface area (Å²) in [5.41, 5.74) is 2.04.